The summed E-state index contributed by atoms with van der Waals surface area (Å²) in [5, 5.41) is 16.0. The minimum Gasteiger partial charge on any atom is -0.618 e. The van der Waals surface area contributed by atoms with E-state index in [1.54, 1.807) is 12.1 Å². The van der Waals surface area contributed by atoms with Gasteiger partial charge in [0.15, 0.2) is 23.6 Å². The number of rotatable bonds is 6. The number of carbonyl (C=O) groups is 2. The first-order valence-corrected chi connectivity index (χ1v) is 7.88. The molecule has 2 rings (SSSR count). The molecule has 0 fully saturated rings. The number of nitrogens with zero attached hydrogens (tertiary/aromatic N) is 1. The standard InChI is InChI=1S/C15H12F3N3O3S/c16-9-4-5-10(15(18)14(9)17)20-11(22)7-19-12(23)8-25-13-3-1-2-6-21(13)24/h1-6H,7-8H2,(H,19,23)(H,20,22). The number of anilines is 1. The number of aromatic nitrogens is 1. The Morgan fingerprint density at radius 3 is 2.56 bits per heavy atom. The number of hydrogen-bond acceptors (Lipinski definition) is 4. The molecule has 0 saturated carbocycles. The monoisotopic (exact) mass is 371 g/mol. The zero-order valence-electron chi connectivity index (χ0n) is 12.6. The molecule has 1 aromatic carbocycles. The van der Waals surface area contributed by atoms with Gasteiger partial charge >= 0.3 is 0 Å². The highest BCUT2D eigenvalue weighted by Gasteiger charge is 2.16. The van der Waals surface area contributed by atoms with E-state index in [4.69, 9.17) is 0 Å². The average Bonchev–Trinajstić information content (AvgIpc) is 2.60. The Hall–Kier alpha value is -2.75. The van der Waals surface area contributed by atoms with Crippen molar-refractivity contribution in [2.75, 3.05) is 17.6 Å². The van der Waals surface area contributed by atoms with Crippen molar-refractivity contribution in [2.24, 2.45) is 0 Å². The third-order valence-corrected chi connectivity index (χ3v) is 3.91. The van der Waals surface area contributed by atoms with Crippen LogP contribution in [0.4, 0.5) is 18.9 Å². The van der Waals surface area contributed by atoms with Crippen molar-refractivity contribution in [3.63, 3.8) is 0 Å². The number of halogens is 3. The summed E-state index contributed by atoms with van der Waals surface area (Å²) in [7, 11) is 0. The van der Waals surface area contributed by atoms with Gasteiger partial charge in [-0.05, 0) is 30.0 Å². The van der Waals surface area contributed by atoms with Gasteiger partial charge < -0.3 is 15.8 Å². The smallest absolute Gasteiger partial charge is 0.251 e. The molecule has 0 bridgehead atoms. The number of benzene rings is 1. The van der Waals surface area contributed by atoms with E-state index in [-0.39, 0.29) is 5.75 Å². The van der Waals surface area contributed by atoms with Gasteiger partial charge in [0.25, 0.3) is 5.03 Å². The second-order valence-corrected chi connectivity index (χ2v) is 5.70. The summed E-state index contributed by atoms with van der Waals surface area (Å²) in [4.78, 5) is 23.3. The largest absolute Gasteiger partial charge is 0.618 e. The highest BCUT2D eigenvalue weighted by atomic mass is 32.2. The molecule has 2 N–H and O–H groups in total. The van der Waals surface area contributed by atoms with Crippen molar-refractivity contribution in [3.05, 3.63) is 59.2 Å². The summed E-state index contributed by atoms with van der Waals surface area (Å²) in [6.45, 7) is -0.496. The van der Waals surface area contributed by atoms with Crippen LogP contribution in [0.25, 0.3) is 0 Å². The van der Waals surface area contributed by atoms with Crippen LogP contribution in [-0.2, 0) is 9.59 Å². The Labute approximate surface area is 144 Å². The molecule has 0 radical (unpaired) electrons. The number of thioether (sulfide) groups is 1. The lowest BCUT2D eigenvalue weighted by Crippen LogP contribution is -2.35. The van der Waals surface area contributed by atoms with Crippen molar-refractivity contribution in [2.45, 2.75) is 5.03 Å². The zero-order valence-corrected chi connectivity index (χ0v) is 13.4. The maximum absolute atomic E-state index is 13.4. The molecule has 0 atom stereocenters. The Morgan fingerprint density at radius 2 is 1.84 bits per heavy atom. The summed E-state index contributed by atoms with van der Waals surface area (Å²) in [6.07, 6.45) is 1.28. The first-order valence-electron chi connectivity index (χ1n) is 6.89. The highest BCUT2D eigenvalue weighted by molar-refractivity contribution is 7.99. The summed E-state index contributed by atoms with van der Waals surface area (Å²) in [5.74, 6) is -6.07. The molecule has 132 valence electrons. The van der Waals surface area contributed by atoms with E-state index in [1.807, 2.05) is 5.32 Å². The van der Waals surface area contributed by atoms with Gasteiger partial charge in [-0.1, -0.05) is 0 Å². The average molecular weight is 371 g/mol. The maximum Gasteiger partial charge on any atom is 0.251 e. The molecule has 2 aromatic rings. The topological polar surface area (TPSA) is 85.1 Å². The summed E-state index contributed by atoms with van der Waals surface area (Å²) >= 11 is 0.972. The van der Waals surface area contributed by atoms with Crippen LogP contribution in [0, 0.1) is 22.7 Å². The van der Waals surface area contributed by atoms with Crippen LogP contribution in [0.5, 0.6) is 0 Å². The molecule has 1 aromatic heterocycles. The number of hydrogen-bond donors (Lipinski definition) is 2. The third kappa shape index (κ3) is 5.11. The van der Waals surface area contributed by atoms with Crippen LogP contribution in [0.3, 0.4) is 0 Å². The molecule has 0 unspecified atom stereocenters. The van der Waals surface area contributed by atoms with E-state index in [2.05, 4.69) is 5.32 Å². The van der Waals surface area contributed by atoms with Gasteiger partial charge in [0.05, 0.1) is 18.0 Å². The number of pyridine rings is 1. The fourth-order valence-electron chi connectivity index (χ4n) is 1.71. The van der Waals surface area contributed by atoms with Crippen LogP contribution in [-0.4, -0.2) is 24.1 Å². The molecular weight excluding hydrogens is 359 g/mol. The Morgan fingerprint density at radius 1 is 1.08 bits per heavy atom. The van der Waals surface area contributed by atoms with Crippen molar-refractivity contribution in [1.29, 1.82) is 0 Å². The lowest BCUT2D eigenvalue weighted by molar-refractivity contribution is -0.645. The van der Waals surface area contributed by atoms with Crippen LogP contribution >= 0.6 is 11.8 Å². The third-order valence-electron chi connectivity index (χ3n) is 2.90. The van der Waals surface area contributed by atoms with E-state index in [0.29, 0.717) is 15.8 Å². The molecule has 0 aliphatic rings. The lowest BCUT2D eigenvalue weighted by Gasteiger charge is -2.08. The molecule has 6 nitrogen and oxygen atoms in total. The molecule has 0 aliphatic carbocycles. The fraction of sp³-hybridized carbons (Fsp3) is 0.133. The van der Waals surface area contributed by atoms with E-state index in [9.17, 15) is 28.0 Å². The van der Waals surface area contributed by atoms with Gasteiger partial charge in [0.2, 0.25) is 11.8 Å². The fourth-order valence-corrected chi connectivity index (χ4v) is 2.45. The van der Waals surface area contributed by atoms with Gasteiger partial charge in [-0.25, -0.2) is 13.2 Å². The summed E-state index contributed by atoms with van der Waals surface area (Å²) < 4.78 is 39.9. The van der Waals surface area contributed by atoms with E-state index >= 15 is 0 Å². The Kier molecular flexibility index (Phi) is 6.23. The van der Waals surface area contributed by atoms with Gasteiger partial charge in [0.1, 0.15) is 0 Å². The van der Waals surface area contributed by atoms with E-state index < -0.39 is 41.5 Å². The lowest BCUT2D eigenvalue weighted by atomic mass is 10.2. The Balaban J connectivity index is 1.81. The van der Waals surface area contributed by atoms with Crippen LogP contribution in [0.2, 0.25) is 0 Å². The molecular formula is C15H12F3N3O3S. The molecule has 10 heteroatoms. The molecule has 1 heterocycles. The number of nitrogens with one attached hydrogen (secondary N) is 2. The van der Waals surface area contributed by atoms with Gasteiger partial charge in [-0.15, -0.1) is 0 Å². The molecule has 0 spiro atoms. The Bertz CT molecular complexity index is 805. The molecule has 2 amide bonds. The predicted octanol–water partition coefficient (Wildman–Crippen LogP) is 1.58. The molecule has 0 saturated heterocycles. The summed E-state index contributed by atoms with van der Waals surface area (Å²) in [5.41, 5.74) is -0.538. The van der Waals surface area contributed by atoms with E-state index in [0.717, 1.165) is 17.8 Å². The molecule has 0 aliphatic heterocycles. The first-order chi connectivity index (χ1) is 11.9. The van der Waals surface area contributed by atoms with Crippen molar-refractivity contribution in [3.8, 4) is 0 Å². The number of amides is 2. The van der Waals surface area contributed by atoms with Crippen molar-refractivity contribution < 1.29 is 27.5 Å². The van der Waals surface area contributed by atoms with Crippen molar-refractivity contribution in [1.82, 2.24) is 5.32 Å². The van der Waals surface area contributed by atoms with Gasteiger partial charge in [0, 0.05) is 12.1 Å². The minimum atomic E-state index is -1.70. The van der Waals surface area contributed by atoms with Gasteiger partial charge in [-0.3, -0.25) is 9.59 Å². The summed E-state index contributed by atoms with van der Waals surface area (Å²) in [6, 6.07) is 6.24. The zero-order chi connectivity index (χ0) is 18.4. The SMILES string of the molecule is O=C(CSc1cccc[n+]1[O-])NCC(=O)Nc1ccc(F)c(F)c1F. The highest BCUT2D eigenvalue weighted by Crippen LogP contribution is 2.19. The predicted molar refractivity (Wildman–Crippen MR) is 84.1 cm³/mol. The van der Waals surface area contributed by atoms with E-state index in [1.165, 1.54) is 12.3 Å². The minimum absolute atomic E-state index is 0.112. The van der Waals surface area contributed by atoms with Gasteiger partial charge in [-0.2, -0.15) is 4.73 Å². The van der Waals surface area contributed by atoms with Crippen molar-refractivity contribution >= 4 is 29.3 Å². The van der Waals surface area contributed by atoms with Crippen LogP contribution in [0.1, 0.15) is 0 Å². The second-order valence-electron chi connectivity index (χ2n) is 4.70. The van der Waals surface area contributed by atoms with Crippen LogP contribution < -0.4 is 15.4 Å². The second kappa shape index (κ2) is 8.38. The first kappa shape index (κ1) is 18.6. The normalized spacial score (nSPS) is 10.4. The number of carbonyl (C=O) groups excluding carboxylic acids is 2. The maximum atomic E-state index is 13.4. The van der Waals surface area contributed by atoms with Crippen LogP contribution in [0.15, 0.2) is 41.6 Å². The quantitative estimate of drug-likeness (QED) is 0.350. The molecule has 25 heavy (non-hydrogen) atoms.